The van der Waals surface area contributed by atoms with Gasteiger partial charge in [-0.15, -0.1) is 0 Å². The van der Waals surface area contributed by atoms with Crippen LogP contribution in [-0.2, 0) is 21.9 Å². The molecule has 0 radical (unpaired) electrons. The summed E-state index contributed by atoms with van der Waals surface area (Å²) >= 11 is 0. The van der Waals surface area contributed by atoms with Crippen LogP contribution >= 0.6 is 0 Å². The molecule has 2 heterocycles. The maximum Gasteiger partial charge on any atom is 0.260 e. The van der Waals surface area contributed by atoms with E-state index < -0.39 is 10.0 Å². The van der Waals surface area contributed by atoms with Crippen LogP contribution in [0.15, 0.2) is 54.7 Å². The van der Waals surface area contributed by atoms with Crippen LogP contribution in [0, 0.1) is 0 Å². The second kappa shape index (κ2) is 8.19. The molecule has 0 unspecified atom stereocenters. The van der Waals surface area contributed by atoms with Gasteiger partial charge in [-0.1, -0.05) is 45.0 Å². The van der Waals surface area contributed by atoms with Crippen LogP contribution in [0.4, 0.5) is 11.4 Å². The predicted octanol–water partition coefficient (Wildman–Crippen LogP) is 4.33. The van der Waals surface area contributed by atoms with Gasteiger partial charge < -0.3 is 10.0 Å². The minimum Gasteiger partial charge on any atom is -0.506 e. The Balaban J connectivity index is 1.61. The first kappa shape index (κ1) is 22.8. The second-order valence-electron chi connectivity index (χ2n) is 9.34. The van der Waals surface area contributed by atoms with Gasteiger partial charge in [-0.2, -0.15) is 0 Å². The van der Waals surface area contributed by atoms with Gasteiger partial charge in [-0.3, -0.25) is 14.5 Å². The maximum atomic E-state index is 13.2. The standard InChI is InChI=1S/C25H27N3O4S/c1-25(2,3)18-7-5-16(6-8-18)21-13-17-11-12-28(24(30)20(17)15-26-21)19-9-10-23(29)22(14-19)27-33(4,31)32/h5-10,13-15,27,29H,11-12H2,1-4H3. The van der Waals surface area contributed by atoms with Crippen molar-refractivity contribution in [2.75, 3.05) is 22.4 Å². The molecule has 33 heavy (non-hydrogen) atoms. The molecule has 1 aromatic heterocycles. The molecular formula is C25H27N3O4S. The predicted molar refractivity (Wildman–Crippen MR) is 130 cm³/mol. The first-order valence-corrected chi connectivity index (χ1v) is 12.5. The average Bonchev–Trinajstić information content (AvgIpc) is 2.74. The molecule has 0 bridgehead atoms. The van der Waals surface area contributed by atoms with E-state index in [-0.39, 0.29) is 22.8 Å². The van der Waals surface area contributed by atoms with E-state index >= 15 is 0 Å². The number of aromatic hydroxyl groups is 1. The number of aromatic nitrogens is 1. The Morgan fingerprint density at radius 3 is 2.39 bits per heavy atom. The lowest BCUT2D eigenvalue weighted by Gasteiger charge is -2.29. The molecule has 0 saturated heterocycles. The third-order valence-electron chi connectivity index (χ3n) is 5.70. The van der Waals surface area contributed by atoms with Crippen LogP contribution in [0.5, 0.6) is 5.75 Å². The number of anilines is 2. The van der Waals surface area contributed by atoms with Crippen LogP contribution in [0.1, 0.15) is 42.3 Å². The van der Waals surface area contributed by atoms with E-state index in [9.17, 15) is 18.3 Å². The molecule has 1 amide bonds. The Labute approximate surface area is 194 Å². The summed E-state index contributed by atoms with van der Waals surface area (Å²) in [6, 6.07) is 14.7. The monoisotopic (exact) mass is 465 g/mol. The van der Waals surface area contributed by atoms with E-state index in [1.54, 1.807) is 17.2 Å². The molecule has 1 aliphatic heterocycles. The first-order chi connectivity index (χ1) is 15.4. The highest BCUT2D eigenvalue weighted by Gasteiger charge is 2.27. The first-order valence-electron chi connectivity index (χ1n) is 10.6. The van der Waals surface area contributed by atoms with Crippen molar-refractivity contribution < 1.29 is 18.3 Å². The fraction of sp³-hybridized carbons (Fsp3) is 0.280. The summed E-state index contributed by atoms with van der Waals surface area (Å²) in [4.78, 5) is 19.3. The van der Waals surface area contributed by atoms with Crippen molar-refractivity contribution in [1.29, 1.82) is 0 Å². The van der Waals surface area contributed by atoms with Gasteiger partial charge >= 0.3 is 0 Å². The summed E-state index contributed by atoms with van der Waals surface area (Å²) in [6.45, 7) is 6.95. The molecule has 3 aromatic rings. The highest BCUT2D eigenvalue weighted by atomic mass is 32.2. The van der Waals surface area contributed by atoms with E-state index in [1.165, 1.54) is 17.7 Å². The Hall–Kier alpha value is -3.39. The van der Waals surface area contributed by atoms with Gasteiger partial charge in [0, 0.05) is 24.0 Å². The van der Waals surface area contributed by atoms with E-state index in [4.69, 9.17) is 0 Å². The summed E-state index contributed by atoms with van der Waals surface area (Å²) in [5.41, 5.74) is 5.10. The quantitative estimate of drug-likeness (QED) is 0.559. The average molecular weight is 466 g/mol. The zero-order valence-electron chi connectivity index (χ0n) is 19.1. The molecule has 8 heteroatoms. The molecule has 2 aromatic carbocycles. The van der Waals surface area contributed by atoms with Gasteiger partial charge in [0.15, 0.2) is 0 Å². The molecule has 4 rings (SSSR count). The van der Waals surface area contributed by atoms with Crippen molar-refractivity contribution in [2.45, 2.75) is 32.6 Å². The second-order valence-corrected chi connectivity index (χ2v) is 11.1. The fourth-order valence-corrected chi connectivity index (χ4v) is 4.46. The number of fused-ring (bicyclic) bond motifs is 1. The molecule has 0 fully saturated rings. The number of sulfonamides is 1. The van der Waals surface area contributed by atoms with Crippen LogP contribution in [-0.4, -0.2) is 37.2 Å². The van der Waals surface area contributed by atoms with Gasteiger partial charge in [0.2, 0.25) is 10.0 Å². The number of phenolic OH excluding ortho intramolecular Hbond substituents is 1. The van der Waals surface area contributed by atoms with Crippen LogP contribution in [0.2, 0.25) is 0 Å². The molecule has 172 valence electrons. The normalized spacial score (nSPS) is 14.2. The third-order valence-corrected chi connectivity index (χ3v) is 6.29. The van der Waals surface area contributed by atoms with E-state index in [0.29, 0.717) is 24.2 Å². The molecule has 0 aliphatic carbocycles. The van der Waals surface area contributed by atoms with Gasteiger partial charge in [0.05, 0.1) is 23.2 Å². The number of pyridine rings is 1. The molecule has 1 aliphatic rings. The maximum absolute atomic E-state index is 13.2. The van der Waals surface area contributed by atoms with Crippen LogP contribution in [0.25, 0.3) is 11.3 Å². The third kappa shape index (κ3) is 4.85. The van der Waals surface area contributed by atoms with Crippen molar-refractivity contribution in [3.05, 3.63) is 71.4 Å². The number of amides is 1. The SMILES string of the molecule is CC(C)(C)c1ccc(-c2cc3c(cn2)C(=O)N(c2ccc(O)c(NS(C)(=O)=O)c2)CC3)cc1. The lowest BCUT2D eigenvalue weighted by atomic mass is 9.86. The van der Waals surface area contributed by atoms with E-state index in [2.05, 4.69) is 54.7 Å². The van der Waals surface area contributed by atoms with Gasteiger partial charge in [0.1, 0.15) is 5.75 Å². The Morgan fingerprint density at radius 1 is 1.06 bits per heavy atom. The van der Waals surface area contributed by atoms with Crippen molar-refractivity contribution >= 4 is 27.3 Å². The fourth-order valence-electron chi connectivity index (χ4n) is 3.89. The summed E-state index contributed by atoms with van der Waals surface area (Å²) < 4.78 is 25.4. The van der Waals surface area contributed by atoms with Gasteiger partial charge in [-0.05, 0) is 47.2 Å². The number of phenols is 1. The minimum atomic E-state index is -3.57. The lowest BCUT2D eigenvalue weighted by Crippen LogP contribution is -2.37. The highest BCUT2D eigenvalue weighted by molar-refractivity contribution is 7.92. The Kier molecular flexibility index (Phi) is 5.66. The van der Waals surface area contributed by atoms with Crippen molar-refractivity contribution in [3.63, 3.8) is 0 Å². The topological polar surface area (TPSA) is 99.6 Å². The summed E-state index contributed by atoms with van der Waals surface area (Å²) in [6.07, 6.45) is 3.24. The molecule has 0 spiro atoms. The number of rotatable bonds is 4. The number of nitrogens with one attached hydrogen (secondary N) is 1. The number of carbonyl (C=O) groups is 1. The summed E-state index contributed by atoms with van der Waals surface area (Å²) in [7, 11) is -3.57. The molecule has 7 nitrogen and oxygen atoms in total. The zero-order valence-corrected chi connectivity index (χ0v) is 19.9. The summed E-state index contributed by atoms with van der Waals surface area (Å²) in [5.74, 6) is -0.424. The van der Waals surface area contributed by atoms with Gasteiger partial charge in [0.25, 0.3) is 5.91 Å². The van der Waals surface area contributed by atoms with Gasteiger partial charge in [-0.25, -0.2) is 8.42 Å². The minimum absolute atomic E-state index is 0.0285. The number of carbonyl (C=O) groups excluding carboxylic acids is 1. The van der Waals surface area contributed by atoms with E-state index in [0.717, 1.165) is 23.1 Å². The number of nitrogens with zero attached hydrogens (tertiary/aromatic N) is 2. The lowest BCUT2D eigenvalue weighted by molar-refractivity contribution is 0.0980. The zero-order chi connectivity index (χ0) is 24.0. The smallest absolute Gasteiger partial charge is 0.260 e. The summed E-state index contributed by atoms with van der Waals surface area (Å²) in [5, 5.41) is 9.98. The largest absolute Gasteiger partial charge is 0.506 e. The van der Waals surface area contributed by atoms with Crippen molar-refractivity contribution in [3.8, 4) is 17.0 Å². The Bertz CT molecular complexity index is 1330. The van der Waals surface area contributed by atoms with Crippen LogP contribution in [0.3, 0.4) is 0 Å². The van der Waals surface area contributed by atoms with Crippen LogP contribution < -0.4 is 9.62 Å². The Morgan fingerprint density at radius 2 is 1.76 bits per heavy atom. The molecular weight excluding hydrogens is 438 g/mol. The number of hydrogen-bond donors (Lipinski definition) is 2. The molecule has 0 atom stereocenters. The molecule has 0 saturated carbocycles. The number of benzene rings is 2. The molecule has 2 N–H and O–H groups in total. The number of hydrogen-bond acceptors (Lipinski definition) is 5. The highest BCUT2D eigenvalue weighted by Crippen LogP contribution is 2.33. The van der Waals surface area contributed by atoms with E-state index in [1.807, 2.05) is 6.07 Å². The van der Waals surface area contributed by atoms with Crippen molar-refractivity contribution in [2.24, 2.45) is 0 Å². The van der Waals surface area contributed by atoms with Crippen molar-refractivity contribution in [1.82, 2.24) is 4.98 Å².